The minimum Gasteiger partial charge on any atom is -0.494 e. The van der Waals surface area contributed by atoms with E-state index in [4.69, 9.17) is 4.74 Å². The lowest BCUT2D eigenvalue weighted by Crippen LogP contribution is -1.98. The van der Waals surface area contributed by atoms with Gasteiger partial charge in [0, 0.05) is 27.8 Å². The highest BCUT2D eigenvalue weighted by Crippen LogP contribution is 2.37. The fourth-order valence-electron chi connectivity index (χ4n) is 7.71. The summed E-state index contributed by atoms with van der Waals surface area (Å²) >= 11 is 0. The number of para-hydroxylation sites is 1. The molecule has 3 heteroatoms. The molecule has 0 aliphatic heterocycles. The second-order valence-corrected chi connectivity index (χ2v) is 14.6. The molecule has 9 aromatic rings. The molecule has 57 heavy (non-hydrogen) atoms. The number of benzene rings is 8. The van der Waals surface area contributed by atoms with E-state index in [0.29, 0.717) is 0 Å². The van der Waals surface area contributed by atoms with Crippen LogP contribution in [0.3, 0.4) is 0 Å². The Kier molecular flexibility index (Phi) is 10.2. The third kappa shape index (κ3) is 7.87. The van der Waals surface area contributed by atoms with Crippen molar-refractivity contribution >= 4 is 39.3 Å². The Labute approximate surface area is 335 Å². The molecule has 3 nitrogen and oxygen atoms in total. The lowest BCUT2D eigenvalue weighted by Gasteiger charge is -2.10. The van der Waals surface area contributed by atoms with Gasteiger partial charge in [-0.2, -0.15) is 0 Å². The molecule has 276 valence electrons. The zero-order valence-electron chi connectivity index (χ0n) is 31.9. The summed E-state index contributed by atoms with van der Waals surface area (Å²) in [6.07, 6.45) is 4.98. The maximum Gasteiger partial charge on any atom is 0.119 e. The minimum absolute atomic E-state index is 0.719. The summed E-state index contributed by atoms with van der Waals surface area (Å²) in [5, 5.41) is 6.06. The maximum atomic E-state index is 5.95. The fourth-order valence-corrected chi connectivity index (χ4v) is 7.71. The smallest absolute Gasteiger partial charge is 0.119 e. The molecule has 0 atom stereocenters. The van der Waals surface area contributed by atoms with Gasteiger partial charge in [0.05, 0.1) is 17.6 Å². The van der Waals surface area contributed by atoms with Crippen molar-refractivity contribution in [2.75, 3.05) is 11.9 Å². The Morgan fingerprint density at radius 2 is 0.965 bits per heavy atom. The van der Waals surface area contributed by atoms with Crippen LogP contribution in [0.1, 0.15) is 24.0 Å². The van der Waals surface area contributed by atoms with Crippen LogP contribution in [0.15, 0.2) is 201 Å². The van der Waals surface area contributed by atoms with Crippen LogP contribution in [-0.4, -0.2) is 11.2 Å². The molecule has 0 fully saturated rings. The molecule has 8 aromatic carbocycles. The standard InChI is InChI=1S/C54H44N2O/c1-2-39-18-32-50(33-19-39)57-36-10-9-11-40-16-20-43(21-17-40)45-26-34-53-51(37-45)52-38-46(27-35-54(52)56(53)49-14-7-4-8-15-49)44-24-30-48(31-25-44)55-47-28-22-42(23-29-47)41-12-5-3-6-13-41/h2-8,12-35,37-38,55H,1,9-11,36H2. The van der Waals surface area contributed by atoms with Crippen molar-refractivity contribution in [3.63, 3.8) is 0 Å². The molecular weight excluding hydrogens is 693 g/mol. The van der Waals surface area contributed by atoms with E-state index in [1.807, 2.05) is 36.4 Å². The molecule has 1 aromatic heterocycles. The van der Waals surface area contributed by atoms with Crippen LogP contribution in [0, 0.1) is 0 Å². The number of hydrogen-bond donors (Lipinski definition) is 1. The second-order valence-electron chi connectivity index (χ2n) is 14.6. The van der Waals surface area contributed by atoms with Crippen molar-refractivity contribution in [1.29, 1.82) is 0 Å². The van der Waals surface area contributed by atoms with Crippen molar-refractivity contribution in [2.24, 2.45) is 0 Å². The largest absolute Gasteiger partial charge is 0.494 e. The third-order valence-corrected chi connectivity index (χ3v) is 10.8. The molecule has 1 heterocycles. The van der Waals surface area contributed by atoms with Gasteiger partial charge in [-0.25, -0.2) is 0 Å². The Morgan fingerprint density at radius 1 is 0.474 bits per heavy atom. The highest BCUT2D eigenvalue weighted by atomic mass is 16.5. The van der Waals surface area contributed by atoms with E-state index in [0.717, 1.165) is 54.2 Å². The van der Waals surface area contributed by atoms with Crippen LogP contribution >= 0.6 is 0 Å². The predicted octanol–water partition coefficient (Wildman–Crippen LogP) is 14.6. The van der Waals surface area contributed by atoms with Crippen LogP contribution in [-0.2, 0) is 6.42 Å². The maximum absolute atomic E-state index is 5.95. The first-order valence-electron chi connectivity index (χ1n) is 19.8. The number of unbranched alkanes of at least 4 members (excludes halogenated alkanes) is 1. The highest BCUT2D eigenvalue weighted by molar-refractivity contribution is 6.11. The van der Waals surface area contributed by atoms with Gasteiger partial charge in [-0.1, -0.05) is 134 Å². The number of aryl methyl sites for hydroxylation is 1. The second kappa shape index (κ2) is 16.3. The first-order valence-corrected chi connectivity index (χ1v) is 19.8. The number of aromatic nitrogens is 1. The van der Waals surface area contributed by atoms with Crippen molar-refractivity contribution in [3.8, 4) is 44.8 Å². The number of anilines is 2. The molecule has 0 aliphatic carbocycles. The SMILES string of the molecule is C=Cc1ccc(OCCCCc2ccc(-c3ccc4c(c3)c3cc(-c5ccc(Nc6ccc(-c7ccccc7)cc6)cc5)ccc3n4-c3ccccc3)cc2)cc1. The van der Waals surface area contributed by atoms with E-state index in [-0.39, 0.29) is 0 Å². The molecule has 1 N–H and O–H groups in total. The molecular formula is C54H44N2O. The van der Waals surface area contributed by atoms with Crippen LogP contribution in [0.25, 0.3) is 66.9 Å². The average molecular weight is 737 g/mol. The monoisotopic (exact) mass is 736 g/mol. The minimum atomic E-state index is 0.719. The van der Waals surface area contributed by atoms with Gasteiger partial charge in [-0.15, -0.1) is 0 Å². The number of rotatable bonds is 13. The predicted molar refractivity (Wildman–Crippen MR) is 242 cm³/mol. The molecule has 0 bridgehead atoms. The van der Waals surface area contributed by atoms with Crippen molar-refractivity contribution in [2.45, 2.75) is 19.3 Å². The van der Waals surface area contributed by atoms with E-state index in [1.165, 1.54) is 60.8 Å². The first-order chi connectivity index (χ1) is 28.2. The van der Waals surface area contributed by atoms with Crippen LogP contribution < -0.4 is 10.1 Å². The third-order valence-electron chi connectivity index (χ3n) is 10.8. The van der Waals surface area contributed by atoms with E-state index >= 15 is 0 Å². The summed E-state index contributed by atoms with van der Waals surface area (Å²) in [6.45, 7) is 4.54. The Bertz CT molecular complexity index is 2750. The lowest BCUT2D eigenvalue weighted by molar-refractivity contribution is 0.307. The molecule has 0 spiro atoms. The summed E-state index contributed by atoms with van der Waals surface area (Å²) in [7, 11) is 0. The van der Waals surface area contributed by atoms with Gasteiger partial charge in [0.2, 0.25) is 0 Å². The molecule has 0 saturated heterocycles. The molecule has 0 amide bonds. The van der Waals surface area contributed by atoms with Crippen LogP contribution in [0.5, 0.6) is 5.75 Å². The lowest BCUT2D eigenvalue weighted by atomic mass is 9.99. The Morgan fingerprint density at radius 3 is 1.53 bits per heavy atom. The number of nitrogens with one attached hydrogen (secondary N) is 1. The molecule has 0 unspecified atom stereocenters. The summed E-state index contributed by atoms with van der Waals surface area (Å²) in [6, 6.07) is 69.5. The summed E-state index contributed by atoms with van der Waals surface area (Å²) < 4.78 is 8.33. The molecule has 9 rings (SSSR count). The number of nitrogens with zero attached hydrogens (tertiary/aromatic N) is 1. The molecule has 0 aliphatic rings. The van der Waals surface area contributed by atoms with Gasteiger partial charge in [0.1, 0.15) is 5.75 Å². The van der Waals surface area contributed by atoms with Gasteiger partial charge in [0.15, 0.2) is 0 Å². The van der Waals surface area contributed by atoms with Gasteiger partial charge in [-0.3, -0.25) is 0 Å². The van der Waals surface area contributed by atoms with Crippen LogP contribution in [0.4, 0.5) is 11.4 Å². The molecule has 0 radical (unpaired) electrons. The highest BCUT2D eigenvalue weighted by Gasteiger charge is 2.15. The van der Waals surface area contributed by atoms with Crippen molar-refractivity contribution < 1.29 is 4.74 Å². The van der Waals surface area contributed by atoms with Crippen molar-refractivity contribution in [1.82, 2.24) is 4.57 Å². The summed E-state index contributed by atoms with van der Waals surface area (Å²) in [5.41, 5.74) is 15.4. The Hall–Kier alpha value is -7.10. The number of fused-ring (bicyclic) bond motifs is 3. The summed E-state index contributed by atoms with van der Waals surface area (Å²) in [5.74, 6) is 0.911. The van der Waals surface area contributed by atoms with Crippen LogP contribution in [0.2, 0.25) is 0 Å². The fraction of sp³-hybridized carbons (Fsp3) is 0.0741. The topological polar surface area (TPSA) is 26.2 Å². The van der Waals surface area contributed by atoms with Gasteiger partial charge in [-0.05, 0) is 137 Å². The Balaban J connectivity index is 0.936. The van der Waals surface area contributed by atoms with E-state index in [9.17, 15) is 0 Å². The molecule has 0 saturated carbocycles. The number of ether oxygens (including phenoxy) is 1. The van der Waals surface area contributed by atoms with E-state index in [1.54, 1.807) is 0 Å². The normalized spacial score (nSPS) is 11.2. The van der Waals surface area contributed by atoms with E-state index < -0.39 is 0 Å². The average Bonchev–Trinajstić information content (AvgIpc) is 3.61. The van der Waals surface area contributed by atoms with E-state index in [2.05, 4.69) is 180 Å². The quantitative estimate of drug-likeness (QED) is 0.119. The number of hydrogen-bond acceptors (Lipinski definition) is 2. The zero-order chi connectivity index (χ0) is 38.4. The summed E-state index contributed by atoms with van der Waals surface area (Å²) in [4.78, 5) is 0. The van der Waals surface area contributed by atoms with Gasteiger partial charge >= 0.3 is 0 Å². The van der Waals surface area contributed by atoms with Gasteiger partial charge in [0.25, 0.3) is 0 Å². The van der Waals surface area contributed by atoms with Gasteiger partial charge < -0.3 is 14.6 Å². The zero-order valence-corrected chi connectivity index (χ0v) is 31.9. The first kappa shape index (κ1) is 35.6. The van der Waals surface area contributed by atoms with Crippen molar-refractivity contribution in [3.05, 3.63) is 212 Å².